The number of benzene rings is 2. The number of fused-ring (bicyclic) bond motifs is 1. The van der Waals surface area contributed by atoms with Crippen molar-refractivity contribution in [3.05, 3.63) is 65.6 Å². The second kappa shape index (κ2) is 9.50. The molecule has 2 aliphatic heterocycles. The van der Waals surface area contributed by atoms with E-state index in [2.05, 4.69) is 50.2 Å². The summed E-state index contributed by atoms with van der Waals surface area (Å²) in [5, 5.41) is 7.37. The monoisotopic (exact) mass is 459 g/mol. The molecule has 1 atom stereocenters. The van der Waals surface area contributed by atoms with Crippen molar-refractivity contribution in [1.29, 1.82) is 0 Å². The smallest absolute Gasteiger partial charge is 0.144 e. The van der Waals surface area contributed by atoms with Crippen LogP contribution in [0.1, 0.15) is 24.6 Å². The van der Waals surface area contributed by atoms with Gasteiger partial charge in [0.15, 0.2) is 0 Å². The number of rotatable bonds is 6. The van der Waals surface area contributed by atoms with Gasteiger partial charge in [0.1, 0.15) is 18.1 Å². The second-order valence-corrected chi connectivity index (χ2v) is 9.24. The summed E-state index contributed by atoms with van der Waals surface area (Å²) in [6, 6.07) is 15.3. The van der Waals surface area contributed by atoms with Gasteiger partial charge in [0.25, 0.3) is 0 Å². The van der Waals surface area contributed by atoms with E-state index in [4.69, 9.17) is 0 Å². The molecule has 3 aromatic rings. The van der Waals surface area contributed by atoms with Crippen LogP contribution in [0.2, 0.25) is 0 Å². The lowest BCUT2D eigenvalue weighted by Gasteiger charge is -2.36. The first-order valence-electron chi connectivity index (χ1n) is 11.9. The van der Waals surface area contributed by atoms with Crippen LogP contribution >= 0.6 is 0 Å². The van der Waals surface area contributed by atoms with Crippen LogP contribution in [0.25, 0.3) is 10.9 Å². The highest BCUT2D eigenvalue weighted by Gasteiger charge is 2.26. The Labute approximate surface area is 199 Å². The van der Waals surface area contributed by atoms with Crippen molar-refractivity contribution in [2.45, 2.75) is 32.7 Å². The molecule has 7 heteroatoms. The molecule has 0 spiro atoms. The van der Waals surface area contributed by atoms with Gasteiger partial charge in [-0.3, -0.25) is 14.9 Å². The molecule has 2 aliphatic rings. The number of aryl methyl sites for hydroxylation is 1. The van der Waals surface area contributed by atoms with Crippen molar-refractivity contribution in [3.63, 3.8) is 0 Å². The summed E-state index contributed by atoms with van der Waals surface area (Å²) in [6.45, 7) is 8.44. The number of pyridine rings is 1. The molecule has 34 heavy (non-hydrogen) atoms. The molecule has 1 aromatic heterocycles. The van der Waals surface area contributed by atoms with E-state index in [0.29, 0.717) is 18.4 Å². The summed E-state index contributed by atoms with van der Waals surface area (Å²) >= 11 is 0. The minimum absolute atomic E-state index is 0.205. The minimum atomic E-state index is -0.306. The second-order valence-electron chi connectivity index (χ2n) is 9.24. The van der Waals surface area contributed by atoms with Gasteiger partial charge in [-0.1, -0.05) is 6.07 Å². The Kier molecular flexibility index (Phi) is 6.28. The Bertz CT molecular complexity index is 1230. The van der Waals surface area contributed by atoms with Crippen LogP contribution in [0.5, 0.6) is 0 Å². The lowest BCUT2D eigenvalue weighted by molar-refractivity contribution is -0.108. The highest BCUT2D eigenvalue weighted by atomic mass is 19.1. The lowest BCUT2D eigenvalue weighted by atomic mass is 10.1. The Morgan fingerprint density at radius 1 is 1.06 bits per heavy atom. The number of piperazine rings is 1. The molecule has 6 nitrogen and oxygen atoms in total. The molecule has 176 valence electrons. The molecular weight excluding hydrogens is 429 g/mol. The minimum Gasteiger partial charge on any atom is -0.368 e. The highest BCUT2D eigenvalue weighted by molar-refractivity contribution is 5.92. The van der Waals surface area contributed by atoms with Crippen molar-refractivity contribution >= 4 is 34.3 Å². The number of halogens is 1. The average Bonchev–Trinajstić information content (AvgIpc) is 3.24. The topological polar surface area (TPSA) is 52.0 Å². The van der Waals surface area contributed by atoms with Crippen molar-refractivity contribution in [2.24, 2.45) is 5.10 Å². The molecule has 0 amide bonds. The maximum absolute atomic E-state index is 14.6. The normalized spacial score (nSPS) is 19.0. The van der Waals surface area contributed by atoms with Gasteiger partial charge in [-0.2, -0.15) is 5.10 Å². The summed E-state index contributed by atoms with van der Waals surface area (Å²) in [7, 11) is 0. The number of nitrogens with zero attached hydrogens (tertiary/aromatic N) is 5. The van der Waals surface area contributed by atoms with Crippen molar-refractivity contribution in [1.82, 2.24) is 9.88 Å². The van der Waals surface area contributed by atoms with Gasteiger partial charge in [0.2, 0.25) is 0 Å². The maximum Gasteiger partial charge on any atom is 0.144 e. The predicted molar refractivity (Wildman–Crippen MR) is 135 cm³/mol. The molecule has 1 fully saturated rings. The number of aromatic nitrogens is 1. The molecule has 1 unspecified atom stereocenters. The number of aldehydes is 1. The molecule has 0 saturated carbocycles. The van der Waals surface area contributed by atoms with Gasteiger partial charge in [-0.15, -0.1) is 0 Å². The number of hydrogen-bond acceptors (Lipinski definition) is 6. The fourth-order valence-electron chi connectivity index (χ4n) is 4.95. The van der Waals surface area contributed by atoms with E-state index >= 15 is 0 Å². The third kappa shape index (κ3) is 4.53. The quantitative estimate of drug-likeness (QED) is 0.517. The van der Waals surface area contributed by atoms with Gasteiger partial charge >= 0.3 is 0 Å². The van der Waals surface area contributed by atoms with Crippen LogP contribution in [0, 0.1) is 12.7 Å². The van der Waals surface area contributed by atoms with E-state index in [0.717, 1.165) is 61.6 Å². The summed E-state index contributed by atoms with van der Waals surface area (Å²) in [6.07, 6.45) is 2.15. The number of hydrazone groups is 1. The summed E-state index contributed by atoms with van der Waals surface area (Å²) in [5.41, 5.74) is 5.64. The van der Waals surface area contributed by atoms with E-state index in [1.165, 1.54) is 17.1 Å². The molecule has 0 aliphatic carbocycles. The molecule has 2 aromatic carbocycles. The number of hydrogen-bond donors (Lipinski definition) is 0. The standard InChI is InChI=1S/C27H30FN5O/c1-19-6-8-24-26(29-19)4-3-5-27(24)32-14-12-31(13-15-32)11-10-21-17-22(7-9-25(21)28)33-23(18-34)16-20(2)30-33/h3-9,17-18,23H,10-16H2,1-2H3. The maximum atomic E-state index is 14.6. The molecule has 1 saturated heterocycles. The Morgan fingerprint density at radius 2 is 1.88 bits per heavy atom. The highest BCUT2D eigenvalue weighted by Crippen LogP contribution is 2.28. The van der Waals surface area contributed by atoms with Gasteiger partial charge in [0, 0.05) is 61.6 Å². The van der Waals surface area contributed by atoms with E-state index < -0.39 is 0 Å². The van der Waals surface area contributed by atoms with Crippen LogP contribution in [-0.2, 0) is 11.2 Å². The first kappa shape index (κ1) is 22.5. The SMILES string of the molecule is CC1=NN(c2ccc(F)c(CCN3CCN(c4cccc5nc(C)ccc45)CC3)c2)C(C=O)C1. The molecule has 5 rings (SSSR count). The van der Waals surface area contributed by atoms with Crippen molar-refractivity contribution in [3.8, 4) is 0 Å². The van der Waals surface area contributed by atoms with E-state index in [9.17, 15) is 9.18 Å². The van der Waals surface area contributed by atoms with Gasteiger partial charge in [0.05, 0.1) is 11.2 Å². The summed E-state index contributed by atoms with van der Waals surface area (Å²) < 4.78 is 14.6. The number of carbonyl (C=O) groups excluding carboxylic acids is 1. The number of anilines is 2. The molecule has 0 bridgehead atoms. The predicted octanol–water partition coefficient (Wildman–Crippen LogP) is 4.20. The van der Waals surface area contributed by atoms with Crippen LogP contribution in [0.3, 0.4) is 0 Å². The van der Waals surface area contributed by atoms with E-state index in [1.54, 1.807) is 11.1 Å². The summed E-state index contributed by atoms with van der Waals surface area (Å²) in [5.74, 6) is -0.205. The average molecular weight is 460 g/mol. The Balaban J connectivity index is 1.22. The lowest BCUT2D eigenvalue weighted by Crippen LogP contribution is -2.47. The zero-order chi connectivity index (χ0) is 23.7. The third-order valence-corrected chi connectivity index (χ3v) is 6.81. The summed E-state index contributed by atoms with van der Waals surface area (Å²) in [4.78, 5) is 20.9. The largest absolute Gasteiger partial charge is 0.368 e. The van der Waals surface area contributed by atoms with E-state index in [-0.39, 0.29) is 11.9 Å². The first-order chi connectivity index (χ1) is 16.5. The molecule has 0 N–H and O–H groups in total. The number of carbonyl (C=O) groups is 1. The van der Waals surface area contributed by atoms with Crippen LogP contribution < -0.4 is 9.91 Å². The molecule has 3 heterocycles. The zero-order valence-electron chi connectivity index (χ0n) is 19.7. The Hall–Kier alpha value is -3.32. The van der Waals surface area contributed by atoms with Crippen LogP contribution in [0.4, 0.5) is 15.8 Å². The van der Waals surface area contributed by atoms with Gasteiger partial charge < -0.3 is 9.69 Å². The fraction of sp³-hybridized carbons (Fsp3) is 0.370. The molecular formula is C27H30FN5O. The zero-order valence-corrected chi connectivity index (χ0v) is 19.7. The first-order valence-corrected chi connectivity index (χ1v) is 11.9. The third-order valence-electron chi connectivity index (χ3n) is 6.81. The van der Waals surface area contributed by atoms with E-state index in [1.807, 2.05) is 19.9 Å². The van der Waals surface area contributed by atoms with Gasteiger partial charge in [-0.25, -0.2) is 4.39 Å². The Morgan fingerprint density at radius 3 is 2.68 bits per heavy atom. The van der Waals surface area contributed by atoms with Crippen LogP contribution in [0.15, 0.2) is 53.6 Å². The van der Waals surface area contributed by atoms with Gasteiger partial charge in [-0.05, 0) is 68.3 Å². The van der Waals surface area contributed by atoms with Crippen molar-refractivity contribution in [2.75, 3.05) is 42.6 Å². The molecule has 0 radical (unpaired) electrons. The van der Waals surface area contributed by atoms with Crippen LogP contribution in [-0.4, -0.2) is 60.6 Å². The van der Waals surface area contributed by atoms with Crippen molar-refractivity contribution < 1.29 is 9.18 Å². The fourth-order valence-corrected chi connectivity index (χ4v) is 4.95.